The van der Waals surface area contributed by atoms with Crippen LogP contribution in [0.1, 0.15) is 6.92 Å². The van der Waals surface area contributed by atoms with Crippen LogP contribution in [-0.4, -0.2) is 97.7 Å². The fourth-order valence-corrected chi connectivity index (χ4v) is 4.15. The minimum absolute atomic E-state index is 0.574. The first-order chi connectivity index (χ1) is 11.7. The third-order valence-corrected chi connectivity index (χ3v) is 5.59. The quantitative estimate of drug-likeness (QED) is 0.278. The van der Waals surface area contributed by atoms with Gasteiger partial charge in [-0.3, -0.25) is 0 Å². The molecule has 3 aliphatic heterocycles. The van der Waals surface area contributed by atoms with Crippen molar-refractivity contribution in [3.63, 3.8) is 0 Å². The van der Waals surface area contributed by atoms with Crippen LogP contribution in [-0.2, 0) is 18.9 Å². The molecule has 6 N–H and O–H groups in total. The van der Waals surface area contributed by atoms with Gasteiger partial charge in [-0.2, -0.15) is 0 Å². The zero-order valence-corrected chi connectivity index (χ0v) is 13.4. The molecule has 0 spiro atoms. The highest BCUT2D eigenvalue weighted by Gasteiger charge is 2.77. The fraction of sp³-hybridized carbons (Fsp3) is 0.867. The second-order valence-corrected chi connectivity index (χ2v) is 7.21. The topological polar surface area (TPSA) is 162 Å². The molecular formula is C15H22O10. The molecule has 10 heteroatoms. The van der Waals surface area contributed by atoms with E-state index in [-0.39, 0.29) is 0 Å². The lowest BCUT2D eigenvalue weighted by molar-refractivity contribution is -0.354. The molecule has 0 aromatic rings. The van der Waals surface area contributed by atoms with Crippen molar-refractivity contribution < 1.29 is 49.6 Å². The molecule has 4 rings (SSSR count). The van der Waals surface area contributed by atoms with Crippen molar-refractivity contribution in [3.05, 3.63) is 12.3 Å². The van der Waals surface area contributed by atoms with Crippen molar-refractivity contribution in [2.45, 2.75) is 67.3 Å². The molecule has 0 aromatic carbocycles. The van der Waals surface area contributed by atoms with Gasteiger partial charge in [0, 0.05) is 0 Å². The highest BCUT2D eigenvalue weighted by Crippen LogP contribution is 2.58. The molecule has 0 unspecified atom stereocenters. The van der Waals surface area contributed by atoms with Gasteiger partial charge in [0.2, 0.25) is 6.29 Å². The molecule has 3 heterocycles. The molecule has 11 atom stereocenters. The lowest BCUT2D eigenvalue weighted by atomic mass is 9.80. The number of hydrogen-bond donors (Lipinski definition) is 6. The Morgan fingerprint density at radius 2 is 1.72 bits per heavy atom. The minimum atomic E-state index is -1.61. The summed E-state index contributed by atoms with van der Waals surface area (Å²) in [5.41, 5.74) is -2.96. The summed E-state index contributed by atoms with van der Waals surface area (Å²) in [4.78, 5) is 0. The van der Waals surface area contributed by atoms with Gasteiger partial charge in [-0.25, -0.2) is 0 Å². The Morgan fingerprint density at radius 3 is 2.40 bits per heavy atom. The molecule has 25 heavy (non-hydrogen) atoms. The number of ether oxygens (including phenoxy) is 4. The van der Waals surface area contributed by atoms with Gasteiger partial charge in [0.05, 0.1) is 18.8 Å². The Kier molecular flexibility index (Phi) is 3.93. The summed E-state index contributed by atoms with van der Waals surface area (Å²) >= 11 is 0. The molecule has 10 nitrogen and oxygen atoms in total. The molecule has 0 bridgehead atoms. The number of rotatable bonds is 3. The first-order valence-electron chi connectivity index (χ1n) is 8.11. The van der Waals surface area contributed by atoms with Crippen molar-refractivity contribution in [3.8, 4) is 0 Å². The van der Waals surface area contributed by atoms with Gasteiger partial charge in [-0.05, 0) is 13.0 Å². The smallest absolute Gasteiger partial charge is 0.210 e. The number of aliphatic hydroxyl groups is 6. The monoisotopic (exact) mass is 362 g/mol. The molecule has 142 valence electrons. The molecule has 0 radical (unpaired) electrons. The molecule has 4 aliphatic rings. The highest BCUT2D eigenvalue weighted by atomic mass is 16.8. The Morgan fingerprint density at radius 1 is 1.00 bits per heavy atom. The molecule has 0 amide bonds. The Hall–Kier alpha value is -0.820. The predicted octanol–water partition coefficient (Wildman–Crippen LogP) is -3.45. The summed E-state index contributed by atoms with van der Waals surface area (Å²) in [5, 5.41) is 60.5. The average molecular weight is 362 g/mol. The SMILES string of the molecule is C[C@@]1(O)[C@H]2[C@H](O[C@@H]3O[C@H](CO)[C@@H](O)[C@H](O)[C@H]3O)OC=C[C@@]2(O)[C@@H]2O[C@@H]21. The second kappa shape index (κ2) is 5.59. The van der Waals surface area contributed by atoms with E-state index in [1.165, 1.54) is 19.3 Å². The van der Waals surface area contributed by atoms with Crippen LogP contribution in [0.4, 0.5) is 0 Å². The van der Waals surface area contributed by atoms with E-state index >= 15 is 0 Å². The van der Waals surface area contributed by atoms with Crippen molar-refractivity contribution in [1.82, 2.24) is 0 Å². The van der Waals surface area contributed by atoms with Crippen LogP contribution in [0.5, 0.6) is 0 Å². The summed E-state index contributed by atoms with van der Waals surface area (Å²) < 4.78 is 21.5. The van der Waals surface area contributed by atoms with Gasteiger partial charge in [0.1, 0.15) is 47.8 Å². The van der Waals surface area contributed by atoms with E-state index in [1.807, 2.05) is 0 Å². The number of aliphatic hydroxyl groups excluding tert-OH is 4. The van der Waals surface area contributed by atoms with Crippen LogP contribution in [0.2, 0.25) is 0 Å². The van der Waals surface area contributed by atoms with Gasteiger partial charge in [-0.15, -0.1) is 0 Å². The van der Waals surface area contributed by atoms with Crippen LogP contribution in [0.25, 0.3) is 0 Å². The first kappa shape index (κ1) is 17.6. The lowest BCUT2D eigenvalue weighted by Crippen LogP contribution is -2.62. The third-order valence-electron chi connectivity index (χ3n) is 5.59. The standard InChI is InChI=1S/C15H22O10/c1-14(20)9-13(22-3-2-15(9,21)11-10(14)24-11)25-12-8(19)7(18)6(17)5(4-16)23-12/h2-3,5-13,16-21H,4H2,1H3/t5-,6-,7+,8-,9-,10+,11-,12+,13+,14-,15+/m1/s1. The van der Waals surface area contributed by atoms with Crippen LogP contribution in [0.3, 0.4) is 0 Å². The molecule has 1 saturated carbocycles. The maximum Gasteiger partial charge on any atom is 0.210 e. The van der Waals surface area contributed by atoms with Crippen molar-refractivity contribution in [1.29, 1.82) is 0 Å². The minimum Gasteiger partial charge on any atom is -0.472 e. The highest BCUT2D eigenvalue weighted by molar-refractivity contribution is 5.30. The van der Waals surface area contributed by atoms with Crippen molar-refractivity contribution in [2.24, 2.45) is 5.92 Å². The summed E-state index contributed by atoms with van der Waals surface area (Å²) in [5.74, 6) is -0.930. The average Bonchev–Trinajstić information content (AvgIpc) is 3.34. The summed E-state index contributed by atoms with van der Waals surface area (Å²) in [7, 11) is 0. The summed E-state index contributed by atoms with van der Waals surface area (Å²) in [6, 6.07) is 0. The van der Waals surface area contributed by atoms with Gasteiger partial charge in [-0.1, -0.05) is 0 Å². The number of hydrogen-bond acceptors (Lipinski definition) is 10. The van der Waals surface area contributed by atoms with E-state index in [0.717, 1.165) is 0 Å². The van der Waals surface area contributed by atoms with E-state index in [1.54, 1.807) is 0 Å². The molecule has 2 saturated heterocycles. The molecule has 1 aliphatic carbocycles. The van der Waals surface area contributed by atoms with Gasteiger partial charge >= 0.3 is 0 Å². The van der Waals surface area contributed by atoms with Crippen molar-refractivity contribution in [2.75, 3.05) is 6.61 Å². The van der Waals surface area contributed by atoms with Crippen molar-refractivity contribution >= 4 is 0 Å². The van der Waals surface area contributed by atoms with E-state index in [4.69, 9.17) is 18.9 Å². The predicted molar refractivity (Wildman–Crippen MR) is 76.6 cm³/mol. The second-order valence-electron chi connectivity index (χ2n) is 7.21. The number of fused-ring (bicyclic) bond motifs is 3. The van der Waals surface area contributed by atoms with E-state index in [2.05, 4.69) is 0 Å². The normalized spacial score (nSPS) is 59.9. The zero-order valence-electron chi connectivity index (χ0n) is 13.4. The van der Waals surface area contributed by atoms with E-state index in [9.17, 15) is 30.6 Å². The molecule has 3 fully saturated rings. The number of epoxide rings is 1. The zero-order chi connectivity index (χ0) is 18.1. The largest absolute Gasteiger partial charge is 0.472 e. The summed E-state index contributed by atoms with van der Waals surface area (Å²) in [6.45, 7) is 0.895. The maximum atomic E-state index is 10.9. The van der Waals surface area contributed by atoms with E-state index < -0.39 is 72.9 Å². The Labute approximate surface area is 142 Å². The van der Waals surface area contributed by atoms with Gasteiger partial charge in [0.15, 0.2) is 6.29 Å². The first-order valence-corrected chi connectivity index (χ1v) is 8.11. The Balaban J connectivity index is 1.55. The fourth-order valence-electron chi connectivity index (χ4n) is 4.15. The lowest BCUT2D eigenvalue weighted by Gasteiger charge is -2.46. The van der Waals surface area contributed by atoms with Crippen LogP contribution >= 0.6 is 0 Å². The summed E-state index contributed by atoms with van der Waals surface area (Å²) in [6.07, 6.45) is -7.08. The third kappa shape index (κ3) is 2.37. The van der Waals surface area contributed by atoms with Crippen LogP contribution < -0.4 is 0 Å². The Bertz CT molecular complexity index is 565. The van der Waals surface area contributed by atoms with Crippen LogP contribution in [0, 0.1) is 5.92 Å². The van der Waals surface area contributed by atoms with Crippen LogP contribution in [0.15, 0.2) is 12.3 Å². The van der Waals surface area contributed by atoms with Gasteiger partial charge in [0.25, 0.3) is 0 Å². The van der Waals surface area contributed by atoms with E-state index in [0.29, 0.717) is 0 Å². The van der Waals surface area contributed by atoms with Gasteiger partial charge < -0.3 is 49.6 Å². The maximum absolute atomic E-state index is 10.9. The molecule has 0 aromatic heterocycles. The molecular weight excluding hydrogens is 340 g/mol.